The Morgan fingerprint density at radius 2 is 1.69 bits per heavy atom. The Kier molecular flexibility index (Phi) is 6.15. The first-order valence-electron chi connectivity index (χ1n) is 8.50. The van der Waals surface area contributed by atoms with Gasteiger partial charge in [0, 0.05) is 11.6 Å². The number of hydrogen-bond acceptors (Lipinski definition) is 5. The van der Waals surface area contributed by atoms with E-state index in [4.69, 9.17) is 13.9 Å². The molecule has 0 amide bonds. The Morgan fingerprint density at radius 1 is 1.00 bits per heavy atom. The SMILES string of the molecule is Cl.c1ncc(-c2ccc(Oc3ccc(OC[C@H]4CCCN4)cc3)cc2)o1. The van der Waals surface area contributed by atoms with Crippen LogP contribution in [0, 0.1) is 0 Å². The minimum Gasteiger partial charge on any atom is -0.492 e. The standard InChI is InChI=1S/C20H20N2O3.ClH/c1-2-16(22-11-1)13-23-17-7-9-19(10-8-17)25-18-5-3-15(4-6-18)20-12-21-14-24-20;/h3-10,12,14,16,22H,1-2,11,13H2;1H/t16-;/m1./s1. The maximum absolute atomic E-state index is 5.87. The van der Waals surface area contributed by atoms with Crippen molar-refractivity contribution in [3.05, 3.63) is 61.1 Å². The summed E-state index contributed by atoms with van der Waals surface area (Å²) in [5, 5.41) is 3.43. The van der Waals surface area contributed by atoms with Crippen molar-refractivity contribution in [1.29, 1.82) is 0 Å². The van der Waals surface area contributed by atoms with Crippen LogP contribution in [0.4, 0.5) is 0 Å². The molecule has 136 valence electrons. The van der Waals surface area contributed by atoms with Gasteiger partial charge in [-0.2, -0.15) is 0 Å². The lowest BCUT2D eigenvalue weighted by Gasteiger charge is -2.12. The van der Waals surface area contributed by atoms with Crippen molar-refractivity contribution >= 4 is 12.4 Å². The summed E-state index contributed by atoms with van der Waals surface area (Å²) in [6, 6.07) is 15.9. The average molecular weight is 373 g/mol. The molecule has 1 fully saturated rings. The van der Waals surface area contributed by atoms with Crippen molar-refractivity contribution in [2.75, 3.05) is 13.2 Å². The number of nitrogens with one attached hydrogen (secondary N) is 1. The van der Waals surface area contributed by atoms with Crippen LogP contribution >= 0.6 is 12.4 Å². The van der Waals surface area contributed by atoms with Crippen LogP contribution in [0.25, 0.3) is 11.3 Å². The quantitative estimate of drug-likeness (QED) is 0.680. The molecule has 0 bridgehead atoms. The van der Waals surface area contributed by atoms with Gasteiger partial charge in [0.05, 0.1) is 6.20 Å². The van der Waals surface area contributed by atoms with Crippen LogP contribution in [0.2, 0.25) is 0 Å². The molecule has 2 heterocycles. The second-order valence-electron chi connectivity index (χ2n) is 6.07. The van der Waals surface area contributed by atoms with Crippen molar-refractivity contribution in [1.82, 2.24) is 10.3 Å². The Bertz CT molecular complexity index is 783. The summed E-state index contributed by atoms with van der Waals surface area (Å²) in [6.07, 6.45) is 5.53. The van der Waals surface area contributed by atoms with E-state index in [1.54, 1.807) is 6.20 Å². The number of rotatable bonds is 6. The number of aromatic nitrogens is 1. The van der Waals surface area contributed by atoms with Crippen LogP contribution < -0.4 is 14.8 Å². The lowest BCUT2D eigenvalue weighted by atomic mass is 10.2. The zero-order valence-corrected chi connectivity index (χ0v) is 15.1. The summed E-state index contributed by atoms with van der Waals surface area (Å²) in [4.78, 5) is 3.92. The second kappa shape index (κ2) is 8.74. The summed E-state index contributed by atoms with van der Waals surface area (Å²) in [6.45, 7) is 1.80. The zero-order valence-electron chi connectivity index (χ0n) is 14.3. The Morgan fingerprint density at radius 3 is 2.31 bits per heavy atom. The fourth-order valence-corrected chi connectivity index (χ4v) is 2.88. The molecule has 0 saturated carbocycles. The van der Waals surface area contributed by atoms with E-state index >= 15 is 0 Å². The first-order chi connectivity index (χ1) is 12.4. The minimum atomic E-state index is 0. The van der Waals surface area contributed by atoms with E-state index in [2.05, 4.69) is 10.3 Å². The summed E-state index contributed by atoms with van der Waals surface area (Å²) >= 11 is 0. The fraction of sp³-hybridized carbons (Fsp3) is 0.250. The van der Waals surface area contributed by atoms with Gasteiger partial charge >= 0.3 is 0 Å². The molecule has 0 radical (unpaired) electrons. The number of halogens is 1. The molecular formula is C20H21ClN2O3. The molecule has 1 N–H and O–H groups in total. The molecule has 26 heavy (non-hydrogen) atoms. The number of ether oxygens (including phenoxy) is 2. The first-order valence-corrected chi connectivity index (χ1v) is 8.50. The van der Waals surface area contributed by atoms with E-state index < -0.39 is 0 Å². The summed E-state index contributed by atoms with van der Waals surface area (Å²) < 4.78 is 17.0. The van der Waals surface area contributed by atoms with E-state index in [-0.39, 0.29) is 12.4 Å². The lowest BCUT2D eigenvalue weighted by Crippen LogP contribution is -2.28. The van der Waals surface area contributed by atoms with Crippen LogP contribution in [-0.2, 0) is 0 Å². The molecule has 1 atom stereocenters. The maximum Gasteiger partial charge on any atom is 0.181 e. The summed E-state index contributed by atoms with van der Waals surface area (Å²) in [7, 11) is 0. The number of oxazole rings is 1. The van der Waals surface area contributed by atoms with Crippen LogP contribution in [0.5, 0.6) is 17.2 Å². The van der Waals surface area contributed by atoms with E-state index in [1.165, 1.54) is 19.2 Å². The number of nitrogens with zero attached hydrogens (tertiary/aromatic N) is 1. The fourth-order valence-electron chi connectivity index (χ4n) is 2.88. The van der Waals surface area contributed by atoms with Crippen LogP contribution in [0.15, 0.2) is 65.5 Å². The Hall–Kier alpha value is -2.50. The van der Waals surface area contributed by atoms with Gasteiger partial charge in [0.15, 0.2) is 12.2 Å². The smallest absolute Gasteiger partial charge is 0.181 e. The van der Waals surface area contributed by atoms with Crippen LogP contribution in [-0.4, -0.2) is 24.2 Å². The van der Waals surface area contributed by atoms with Crippen molar-refractivity contribution in [2.45, 2.75) is 18.9 Å². The normalized spacial score (nSPS) is 16.1. The molecule has 6 heteroatoms. The molecule has 1 aliphatic rings. The van der Waals surface area contributed by atoms with E-state index in [1.807, 2.05) is 48.5 Å². The van der Waals surface area contributed by atoms with Crippen molar-refractivity contribution in [3.8, 4) is 28.6 Å². The lowest BCUT2D eigenvalue weighted by molar-refractivity contribution is 0.277. The van der Waals surface area contributed by atoms with Gasteiger partial charge in [-0.1, -0.05) is 0 Å². The summed E-state index contributed by atoms with van der Waals surface area (Å²) in [5.41, 5.74) is 0.967. The van der Waals surface area contributed by atoms with Crippen molar-refractivity contribution in [3.63, 3.8) is 0 Å². The average Bonchev–Trinajstić information content (AvgIpc) is 3.36. The molecule has 5 nitrogen and oxygen atoms in total. The van der Waals surface area contributed by atoms with Crippen molar-refractivity contribution in [2.24, 2.45) is 0 Å². The highest BCUT2D eigenvalue weighted by atomic mass is 35.5. The van der Waals surface area contributed by atoms with Crippen molar-refractivity contribution < 1.29 is 13.9 Å². The molecule has 0 spiro atoms. The third-order valence-corrected chi connectivity index (χ3v) is 4.24. The predicted octanol–water partition coefficient (Wildman–Crippen LogP) is 4.69. The van der Waals surface area contributed by atoms with E-state index in [0.717, 1.165) is 35.1 Å². The molecule has 4 rings (SSSR count). The van der Waals surface area contributed by atoms with Crippen LogP contribution in [0.3, 0.4) is 0 Å². The molecule has 0 unspecified atom stereocenters. The molecular weight excluding hydrogens is 352 g/mol. The van der Waals surface area contributed by atoms with E-state index in [9.17, 15) is 0 Å². The summed E-state index contributed by atoms with van der Waals surface area (Å²) in [5.74, 6) is 3.15. The third kappa shape index (κ3) is 4.56. The van der Waals surface area contributed by atoms with Gasteiger partial charge < -0.3 is 19.2 Å². The van der Waals surface area contributed by atoms with Gasteiger partial charge in [0.25, 0.3) is 0 Å². The van der Waals surface area contributed by atoms with Gasteiger partial charge in [0.2, 0.25) is 0 Å². The maximum atomic E-state index is 5.87. The number of hydrogen-bond donors (Lipinski definition) is 1. The predicted molar refractivity (Wildman–Crippen MR) is 102 cm³/mol. The molecule has 1 aromatic heterocycles. The first kappa shape index (κ1) is 18.3. The largest absolute Gasteiger partial charge is 0.492 e. The van der Waals surface area contributed by atoms with Gasteiger partial charge in [-0.25, -0.2) is 4.98 Å². The molecule has 1 saturated heterocycles. The zero-order chi connectivity index (χ0) is 16.9. The van der Waals surface area contributed by atoms with Gasteiger partial charge in [-0.3, -0.25) is 0 Å². The van der Waals surface area contributed by atoms with Gasteiger partial charge in [-0.15, -0.1) is 12.4 Å². The molecule has 2 aromatic carbocycles. The Balaban J connectivity index is 0.00000196. The molecule has 3 aromatic rings. The number of benzene rings is 2. The highest BCUT2D eigenvalue weighted by Crippen LogP contribution is 2.27. The topological polar surface area (TPSA) is 56.5 Å². The Labute approximate surface area is 158 Å². The van der Waals surface area contributed by atoms with Gasteiger partial charge in [0.1, 0.15) is 23.9 Å². The monoisotopic (exact) mass is 372 g/mol. The third-order valence-electron chi connectivity index (χ3n) is 4.24. The highest BCUT2D eigenvalue weighted by molar-refractivity contribution is 5.85. The van der Waals surface area contributed by atoms with Crippen LogP contribution in [0.1, 0.15) is 12.8 Å². The van der Waals surface area contributed by atoms with Gasteiger partial charge in [-0.05, 0) is 67.9 Å². The molecule has 1 aliphatic heterocycles. The molecule has 0 aliphatic carbocycles. The van der Waals surface area contributed by atoms with E-state index in [0.29, 0.717) is 12.6 Å². The highest BCUT2D eigenvalue weighted by Gasteiger charge is 2.14. The minimum absolute atomic E-state index is 0. The second-order valence-corrected chi connectivity index (χ2v) is 6.07.